The summed E-state index contributed by atoms with van der Waals surface area (Å²) in [6, 6.07) is 6.25. The van der Waals surface area contributed by atoms with Gasteiger partial charge < -0.3 is 5.32 Å². The van der Waals surface area contributed by atoms with E-state index in [1.807, 2.05) is 0 Å². The van der Waals surface area contributed by atoms with Crippen LogP contribution in [-0.4, -0.2) is 31.9 Å². The molecule has 2 rings (SSSR count). The van der Waals surface area contributed by atoms with Crippen LogP contribution in [0, 0.1) is 11.7 Å². The molecule has 0 bridgehead atoms. The molecule has 0 radical (unpaired) electrons. The third-order valence-electron chi connectivity index (χ3n) is 4.06. The first-order valence-electron chi connectivity index (χ1n) is 7.61. The van der Waals surface area contributed by atoms with E-state index in [-0.39, 0.29) is 35.2 Å². The Balaban J connectivity index is 1.83. The predicted octanol–water partition coefficient (Wildman–Crippen LogP) is 2.09. The van der Waals surface area contributed by atoms with Gasteiger partial charge in [-0.25, -0.2) is 12.8 Å². The zero-order valence-electron chi connectivity index (χ0n) is 12.7. The molecule has 1 aliphatic rings. The highest BCUT2D eigenvalue weighted by atomic mass is 32.2. The maximum atomic E-state index is 13.5. The molecule has 6 heteroatoms. The van der Waals surface area contributed by atoms with Crippen LogP contribution in [0.2, 0.25) is 0 Å². The van der Waals surface area contributed by atoms with Gasteiger partial charge in [0.25, 0.3) is 0 Å². The van der Waals surface area contributed by atoms with Crippen LogP contribution < -0.4 is 5.32 Å². The SMILES string of the molecule is C[C@@H](CCc1ccccc1F)C(=O)N[C@H]1CCCS(=O)(=O)C1. The molecule has 1 N–H and O–H groups in total. The summed E-state index contributed by atoms with van der Waals surface area (Å²) in [6.07, 6.45) is 2.32. The van der Waals surface area contributed by atoms with Crippen LogP contribution in [0.15, 0.2) is 24.3 Å². The van der Waals surface area contributed by atoms with E-state index < -0.39 is 9.84 Å². The summed E-state index contributed by atoms with van der Waals surface area (Å²) in [5, 5.41) is 2.81. The number of nitrogens with one attached hydrogen (secondary N) is 1. The smallest absolute Gasteiger partial charge is 0.223 e. The predicted molar refractivity (Wildman–Crippen MR) is 83.7 cm³/mol. The second kappa shape index (κ2) is 7.22. The lowest BCUT2D eigenvalue weighted by Crippen LogP contribution is -2.45. The number of amides is 1. The Hall–Kier alpha value is -1.43. The molecule has 0 unspecified atom stereocenters. The van der Waals surface area contributed by atoms with Gasteiger partial charge in [0.15, 0.2) is 9.84 Å². The molecule has 1 heterocycles. The fraction of sp³-hybridized carbons (Fsp3) is 0.562. The lowest BCUT2D eigenvalue weighted by Gasteiger charge is -2.24. The first kappa shape index (κ1) is 16.9. The van der Waals surface area contributed by atoms with Gasteiger partial charge in [-0.15, -0.1) is 0 Å². The van der Waals surface area contributed by atoms with Crippen LogP contribution in [0.25, 0.3) is 0 Å². The Bertz CT molecular complexity index is 630. The zero-order chi connectivity index (χ0) is 16.2. The topological polar surface area (TPSA) is 63.2 Å². The van der Waals surface area contributed by atoms with Gasteiger partial charge in [0.2, 0.25) is 5.91 Å². The van der Waals surface area contributed by atoms with Gasteiger partial charge in [-0.3, -0.25) is 4.79 Å². The standard InChI is InChI=1S/C16H22FNO3S/c1-12(8-9-13-5-2-3-7-15(13)17)16(19)18-14-6-4-10-22(20,21)11-14/h2-3,5,7,12,14H,4,6,8-11H2,1H3,(H,18,19)/t12-,14-/m0/s1. The van der Waals surface area contributed by atoms with Crippen LogP contribution >= 0.6 is 0 Å². The Morgan fingerprint density at radius 3 is 2.82 bits per heavy atom. The molecule has 1 aromatic carbocycles. The molecular weight excluding hydrogens is 305 g/mol. The summed E-state index contributed by atoms with van der Waals surface area (Å²) in [5.74, 6) is -0.447. The van der Waals surface area contributed by atoms with Gasteiger partial charge in [-0.2, -0.15) is 0 Å². The second-order valence-corrected chi connectivity index (χ2v) is 8.22. The number of benzene rings is 1. The van der Waals surface area contributed by atoms with Crippen molar-refractivity contribution in [1.82, 2.24) is 5.32 Å². The number of hydrogen-bond acceptors (Lipinski definition) is 3. The lowest BCUT2D eigenvalue weighted by molar-refractivity contribution is -0.125. The summed E-state index contributed by atoms with van der Waals surface area (Å²) in [7, 11) is -3.03. The second-order valence-electron chi connectivity index (χ2n) is 5.99. The molecule has 1 saturated heterocycles. The molecule has 0 aliphatic carbocycles. The first-order chi connectivity index (χ1) is 10.4. The van der Waals surface area contributed by atoms with E-state index in [1.165, 1.54) is 6.07 Å². The monoisotopic (exact) mass is 327 g/mol. The third kappa shape index (κ3) is 4.80. The molecule has 1 fully saturated rings. The number of rotatable bonds is 5. The highest BCUT2D eigenvalue weighted by Crippen LogP contribution is 2.15. The number of carbonyl (C=O) groups excluding carboxylic acids is 1. The highest BCUT2D eigenvalue weighted by Gasteiger charge is 2.27. The van der Waals surface area contributed by atoms with Crippen molar-refractivity contribution in [3.05, 3.63) is 35.6 Å². The first-order valence-corrected chi connectivity index (χ1v) is 9.44. The van der Waals surface area contributed by atoms with Gasteiger partial charge in [-0.05, 0) is 37.3 Å². The van der Waals surface area contributed by atoms with Crippen molar-refractivity contribution in [2.75, 3.05) is 11.5 Å². The normalized spacial score (nSPS) is 22.0. The van der Waals surface area contributed by atoms with Crippen molar-refractivity contribution in [2.24, 2.45) is 5.92 Å². The van der Waals surface area contributed by atoms with Crippen molar-refractivity contribution in [1.29, 1.82) is 0 Å². The van der Waals surface area contributed by atoms with Crippen molar-refractivity contribution >= 4 is 15.7 Å². The van der Waals surface area contributed by atoms with Crippen molar-refractivity contribution in [2.45, 2.75) is 38.6 Å². The summed E-state index contributed by atoms with van der Waals surface area (Å²) in [6.45, 7) is 1.79. The Labute approximate surface area is 131 Å². The van der Waals surface area contributed by atoms with Gasteiger partial charge in [-0.1, -0.05) is 25.1 Å². The molecule has 22 heavy (non-hydrogen) atoms. The average Bonchev–Trinajstić information content (AvgIpc) is 2.45. The number of sulfone groups is 1. The van der Waals surface area contributed by atoms with E-state index in [9.17, 15) is 17.6 Å². The molecule has 122 valence electrons. The minimum atomic E-state index is -3.03. The highest BCUT2D eigenvalue weighted by molar-refractivity contribution is 7.91. The number of hydrogen-bond donors (Lipinski definition) is 1. The van der Waals surface area contributed by atoms with E-state index in [0.717, 1.165) is 0 Å². The molecule has 0 spiro atoms. The molecule has 1 amide bonds. The summed E-state index contributed by atoms with van der Waals surface area (Å²) in [4.78, 5) is 12.1. The van der Waals surface area contributed by atoms with E-state index in [4.69, 9.17) is 0 Å². The quantitative estimate of drug-likeness (QED) is 0.901. The molecule has 0 saturated carbocycles. The Morgan fingerprint density at radius 1 is 1.41 bits per heavy atom. The molecule has 0 aromatic heterocycles. The summed E-state index contributed by atoms with van der Waals surface area (Å²) in [5.41, 5.74) is 0.599. The van der Waals surface area contributed by atoms with Crippen LogP contribution in [-0.2, 0) is 21.1 Å². The number of halogens is 1. The molecule has 1 aromatic rings. The van der Waals surface area contributed by atoms with Crippen LogP contribution in [0.1, 0.15) is 31.7 Å². The maximum Gasteiger partial charge on any atom is 0.223 e. The molecule has 4 nitrogen and oxygen atoms in total. The largest absolute Gasteiger partial charge is 0.352 e. The lowest BCUT2D eigenvalue weighted by atomic mass is 9.99. The van der Waals surface area contributed by atoms with Gasteiger partial charge in [0.1, 0.15) is 5.82 Å². The summed E-state index contributed by atoms with van der Waals surface area (Å²) < 4.78 is 36.7. The number of aryl methyl sites for hydroxylation is 1. The van der Waals surface area contributed by atoms with Crippen molar-refractivity contribution < 1.29 is 17.6 Å². The van der Waals surface area contributed by atoms with Crippen LogP contribution in [0.4, 0.5) is 4.39 Å². The van der Waals surface area contributed by atoms with Gasteiger partial charge in [0.05, 0.1) is 11.5 Å². The maximum absolute atomic E-state index is 13.5. The van der Waals surface area contributed by atoms with Gasteiger partial charge in [0, 0.05) is 12.0 Å². The van der Waals surface area contributed by atoms with Gasteiger partial charge >= 0.3 is 0 Å². The Kier molecular flexibility index (Phi) is 5.56. The van der Waals surface area contributed by atoms with Crippen molar-refractivity contribution in [3.63, 3.8) is 0 Å². The van der Waals surface area contributed by atoms with Crippen LogP contribution in [0.5, 0.6) is 0 Å². The van der Waals surface area contributed by atoms with E-state index in [1.54, 1.807) is 25.1 Å². The average molecular weight is 327 g/mol. The molecular formula is C16H22FNO3S. The minimum Gasteiger partial charge on any atom is -0.352 e. The fourth-order valence-electron chi connectivity index (χ4n) is 2.68. The third-order valence-corrected chi connectivity index (χ3v) is 5.88. The van der Waals surface area contributed by atoms with E-state index >= 15 is 0 Å². The van der Waals surface area contributed by atoms with Crippen molar-refractivity contribution in [3.8, 4) is 0 Å². The van der Waals surface area contributed by atoms with Crippen LogP contribution in [0.3, 0.4) is 0 Å². The Morgan fingerprint density at radius 2 is 2.14 bits per heavy atom. The minimum absolute atomic E-state index is 0.0266. The van der Waals surface area contributed by atoms with E-state index in [2.05, 4.69) is 5.32 Å². The number of carbonyl (C=O) groups is 1. The molecule has 1 aliphatic heterocycles. The molecule has 2 atom stereocenters. The zero-order valence-corrected chi connectivity index (χ0v) is 13.5. The van der Waals surface area contributed by atoms with E-state index in [0.29, 0.717) is 31.2 Å². The summed E-state index contributed by atoms with van der Waals surface area (Å²) >= 11 is 0. The fourth-order valence-corrected chi connectivity index (χ4v) is 4.32.